The van der Waals surface area contributed by atoms with Crippen molar-refractivity contribution >= 4 is 23.1 Å². The van der Waals surface area contributed by atoms with Gasteiger partial charge in [0, 0.05) is 19.3 Å². The van der Waals surface area contributed by atoms with Crippen molar-refractivity contribution in [2.45, 2.75) is 19.1 Å². The van der Waals surface area contributed by atoms with Crippen LogP contribution >= 0.6 is 11.3 Å². The van der Waals surface area contributed by atoms with Crippen LogP contribution in [0.25, 0.3) is 0 Å². The zero-order valence-electron chi connectivity index (χ0n) is 13.4. The molecular formula is C18H19N3O2S. The Kier molecular flexibility index (Phi) is 5.14. The van der Waals surface area contributed by atoms with Crippen LogP contribution < -0.4 is 10.2 Å². The van der Waals surface area contributed by atoms with Crippen molar-refractivity contribution in [2.24, 2.45) is 0 Å². The molecule has 1 aliphatic heterocycles. The molecule has 0 bridgehead atoms. The first-order valence-corrected chi connectivity index (χ1v) is 8.72. The average Bonchev–Trinajstić information content (AvgIpc) is 3.14. The van der Waals surface area contributed by atoms with Gasteiger partial charge in [-0.1, -0.05) is 5.92 Å². The fourth-order valence-electron chi connectivity index (χ4n) is 2.72. The molecule has 0 radical (unpaired) electrons. The lowest BCUT2D eigenvalue weighted by Crippen LogP contribution is -2.43. The molecule has 1 saturated heterocycles. The van der Waals surface area contributed by atoms with Crippen molar-refractivity contribution in [3.8, 4) is 12.3 Å². The number of ether oxygens (including phenoxy) is 1. The fourth-order valence-corrected chi connectivity index (χ4v) is 3.42. The zero-order chi connectivity index (χ0) is 16.9. The molecule has 1 fully saturated rings. The Bertz CT molecular complexity index is 722. The largest absolute Gasteiger partial charge is 0.367 e. The fraction of sp³-hybridized carbons (Fsp3) is 0.333. The van der Waals surface area contributed by atoms with Gasteiger partial charge in [0.2, 0.25) is 0 Å². The van der Waals surface area contributed by atoms with Crippen LogP contribution in [0, 0.1) is 12.3 Å². The standard InChI is InChI=1S/C18H19N3O2S/c1-3-7-19-18(22)14-4-5-17(20-9-14)21-10-13(2)23-16(11-21)15-6-8-24-12-15/h1,4-6,8-9,12-13,16H,7,10-11H2,2H3,(H,19,22). The third-order valence-corrected chi connectivity index (χ3v) is 4.56. The molecule has 0 spiro atoms. The topological polar surface area (TPSA) is 54.5 Å². The molecule has 1 aliphatic rings. The van der Waals surface area contributed by atoms with Crippen LogP contribution in [0.2, 0.25) is 0 Å². The summed E-state index contributed by atoms with van der Waals surface area (Å²) in [6.07, 6.45) is 6.89. The minimum absolute atomic E-state index is 0.0420. The molecule has 2 aromatic heterocycles. The predicted octanol–water partition coefficient (Wildman–Crippen LogP) is 2.47. The normalized spacial score (nSPS) is 20.4. The molecule has 1 N–H and O–H groups in total. The number of nitrogens with one attached hydrogen (secondary N) is 1. The second-order valence-corrected chi connectivity index (χ2v) is 6.47. The van der Waals surface area contributed by atoms with Crippen molar-refractivity contribution in [1.82, 2.24) is 10.3 Å². The lowest BCUT2D eigenvalue weighted by Gasteiger charge is -2.37. The lowest BCUT2D eigenvalue weighted by atomic mass is 10.1. The van der Waals surface area contributed by atoms with E-state index in [2.05, 4.69) is 44.9 Å². The molecule has 0 aromatic carbocycles. The highest BCUT2D eigenvalue weighted by atomic mass is 32.1. The summed E-state index contributed by atoms with van der Waals surface area (Å²) in [5.41, 5.74) is 1.70. The number of rotatable bonds is 4. The first-order valence-electron chi connectivity index (χ1n) is 7.77. The quantitative estimate of drug-likeness (QED) is 0.868. The summed E-state index contributed by atoms with van der Waals surface area (Å²) in [6, 6.07) is 5.74. The van der Waals surface area contributed by atoms with Crippen LogP contribution in [0.5, 0.6) is 0 Å². The predicted molar refractivity (Wildman–Crippen MR) is 95.2 cm³/mol. The van der Waals surface area contributed by atoms with E-state index < -0.39 is 0 Å². The number of hydrogen-bond donors (Lipinski definition) is 1. The number of carbonyl (C=O) groups excluding carboxylic acids is 1. The van der Waals surface area contributed by atoms with E-state index in [1.165, 1.54) is 5.56 Å². The van der Waals surface area contributed by atoms with Gasteiger partial charge in [-0.15, -0.1) is 6.42 Å². The maximum atomic E-state index is 11.9. The number of morpholine rings is 1. The SMILES string of the molecule is C#CCNC(=O)c1ccc(N2CC(C)OC(c3ccsc3)C2)nc1. The van der Waals surface area contributed by atoms with E-state index in [0.29, 0.717) is 5.56 Å². The summed E-state index contributed by atoms with van der Waals surface area (Å²) in [4.78, 5) is 18.5. The highest BCUT2D eigenvalue weighted by Gasteiger charge is 2.27. The monoisotopic (exact) mass is 341 g/mol. The number of anilines is 1. The number of amides is 1. The van der Waals surface area contributed by atoms with E-state index in [0.717, 1.165) is 18.9 Å². The zero-order valence-corrected chi connectivity index (χ0v) is 14.3. The maximum Gasteiger partial charge on any atom is 0.253 e. The summed E-state index contributed by atoms with van der Waals surface area (Å²) in [5.74, 6) is 3.02. The highest BCUT2D eigenvalue weighted by molar-refractivity contribution is 7.07. The summed E-state index contributed by atoms with van der Waals surface area (Å²) in [7, 11) is 0. The van der Waals surface area contributed by atoms with E-state index in [-0.39, 0.29) is 24.7 Å². The van der Waals surface area contributed by atoms with Crippen LogP contribution in [-0.4, -0.2) is 36.6 Å². The molecule has 5 nitrogen and oxygen atoms in total. The maximum absolute atomic E-state index is 11.9. The van der Waals surface area contributed by atoms with E-state index >= 15 is 0 Å². The van der Waals surface area contributed by atoms with Gasteiger partial charge in [0.15, 0.2) is 0 Å². The molecule has 124 valence electrons. The summed E-state index contributed by atoms with van der Waals surface area (Å²) in [6.45, 7) is 3.80. The molecule has 6 heteroatoms. The molecule has 3 heterocycles. The van der Waals surface area contributed by atoms with Gasteiger partial charge in [0.25, 0.3) is 5.91 Å². The number of thiophene rings is 1. The van der Waals surface area contributed by atoms with Gasteiger partial charge in [-0.25, -0.2) is 4.98 Å². The minimum Gasteiger partial charge on any atom is -0.367 e. The average molecular weight is 341 g/mol. The van der Waals surface area contributed by atoms with E-state index in [1.54, 1.807) is 23.6 Å². The Labute approximate surface area is 145 Å². The highest BCUT2D eigenvalue weighted by Crippen LogP contribution is 2.29. The van der Waals surface area contributed by atoms with Gasteiger partial charge < -0.3 is 15.0 Å². The van der Waals surface area contributed by atoms with E-state index in [1.807, 2.05) is 6.07 Å². The molecular weight excluding hydrogens is 322 g/mol. The van der Waals surface area contributed by atoms with Gasteiger partial charge in [0.05, 0.1) is 18.2 Å². The summed E-state index contributed by atoms with van der Waals surface area (Å²) < 4.78 is 6.04. The first-order chi connectivity index (χ1) is 11.7. The Morgan fingerprint density at radius 2 is 2.38 bits per heavy atom. The van der Waals surface area contributed by atoms with Crippen molar-refractivity contribution in [1.29, 1.82) is 0 Å². The van der Waals surface area contributed by atoms with Crippen LogP contribution in [0.4, 0.5) is 5.82 Å². The van der Waals surface area contributed by atoms with E-state index in [4.69, 9.17) is 11.2 Å². The molecule has 1 amide bonds. The third-order valence-electron chi connectivity index (χ3n) is 3.86. The number of nitrogens with zero attached hydrogens (tertiary/aromatic N) is 2. The lowest BCUT2D eigenvalue weighted by molar-refractivity contribution is -0.0174. The van der Waals surface area contributed by atoms with Gasteiger partial charge in [-0.2, -0.15) is 11.3 Å². The Balaban J connectivity index is 1.71. The van der Waals surface area contributed by atoms with Crippen molar-refractivity contribution in [3.63, 3.8) is 0 Å². The Morgan fingerprint density at radius 3 is 3.04 bits per heavy atom. The van der Waals surface area contributed by atoms with Crippen molar-refractivity contribution in [3.05, 3.63) is 46.3 Å². The molecule has 3 rings (SSSR count). The van der Waals surface area contributed by atoms with Crippen molar-refractivity contribution < 1.29 is 9.53 Å². The molecule has 2 aromatic rings. The van der Waals surface area contributed by atoms with Crippen molar-refractivity contribution in [2.75, 3.05) is 24.5 Å². The molecule has 0 saturated carbocycles. The smallest absolute Gasteiger partial charge is 0.253 e. The minimum atomic E-state index is -0.210. The van der Waals surface area contributed by atoms with Gasteiger partial charge in [-0.05, 0) is 41.4 Å². The van der Waals surface area contributed by atoms with Crippen LogP contribution in [-0.2, 0) is 4.74 Å². The third kappa shape index (κ3) is 3.75. The number of aromatic nitrogens is 1. The Morgan fingerprint density at radius 1 is 1.50 bits per heavy atom. The summed E-state index contributed by atoms with van der Waals surface area (Å²) >= 11 is 1.67. The molecule has 24 heavy (non-hydrogen) atoms. The van der Waals surface area contributed by atoms with Gasteiger partial charge in [-0.3, -0.25) is 4.79 Å². The number of pyridine rings is 1. The first kappa shape index (κ1) is 16.5. The van der Waals surface area contributed by atoms with Gasteiger partial charge in [0.1, 0.15) is 11.9 Å². The van der Waals surface area contributed by atoms with Crippen LogP contribution in [0.3, 0.4) is 0 Å². The second-order valence-electron chi connectivity index (χ2n) is 5.69. The van der Waals surface area contributed by atoms with Crippen LogP contribution in [0.15, 0.2) is 35.2 Å². The molecule has 2 atom stereocenters. The number of hydrogen-bond acceptors (Lipinski definition) is 5. The van der Waals surface area contributed by atoms with E-state index in [9.17, 15) is 4.79 Å². The Hall–Kier alpha value is -2.36. The molecule has 2 unspecified atom stereocenters. The van der Waals surface area contributed by atoms with Crippen LogP contribution in [0.1, 0.15) is 28.9 Å². The number of carbonyl (C=O) groups is 1. The second kappa shape index (κ2) is 7.47. The molecule has 0 aliphatic carbocycles. The van der Waals surface area contributed by atoms with Gasteiger partial charge >= 0.3 is 0 Å². The summed E-state index contributed by atoms with van der Waals surface area (Å²) in [5, 5.41) is 6.81. The number of terminal acetylenes is 1.